The Balaban J connectivity index is 1.55. The Bertz CT molecular complexity index is 1080. The topological polar surface area (TPSA) is 130 Å². The molecule has 3 aromatic rings. The number of anilines is 1. The van der Waals surface area contributed by atoms with E-state index in [2.05, 4.69) is 31.8 Å². The first-order chi connectivity index (χ1) is 14.9. The summed E-state index contributed by atoms with van der Waals surface area (Å²) in [6.45, 7) is 6.93. The van der Waals surface area contributed by atoms with Crippen molar-refractivity contribution in [1.29, 1.82) is 5.26 Å². The normalized spacial score (nSPS) is 11.4. The molecule has 0 aliphatic carbocycles. The summed E-state index contributed by atoms with van der Waals surface area (Å²) >= 11 is 0. The summed E-state index contributed by atoms with van der Waals surface area (Å²) in [4.78, 5) is 8.56. The lowest BCUT2D eigenvalue weighted by molar-refractivity contribution is 0.463. The highest BCUT2D eigenvalue weighted by Crippen LogP contribution is 2.21. The summed E-state index contributed by atoms with van der Waals surface area (Å²) < 4.78 is 7.19. The molecule has 0 unspecified atom stereocenters. The van der Waals surface area contributed by atoms with Gasteiger partial charge in [-0.25, -0.2) is 9.67 Å². The second-order valence-corrected chi connectivity index (χ2v) is 7.27. The summed E-state index contributed by atoms with van der Waals surface area (Å²) in [5, 5.41) is 20.5. The van der Waals surface area contributed by atoms with Gasteiger partial charge in [0.2, 0.25) is 5.89 Å². The van der Waals surface area contributed by atoms with E-state index in [1.807, 2.05) is 45.0 Å². The molecule has 3 rings (SSSR count). The number of nitrogens with one attached hydrogen (secondary N) is 2. The maximum atomic E-state index is 9.54. The van der Waals surface area contributed by atoms with Crippen LogP contribution in [0.15, 0.2) is 33.7 Å². The number of hydrogen-bond acceptors (Lipinski definition) is 6. The summed E-state index contributed by atoms with van der Waals surface area (Å²) in [6.07, 6.45) is 1.38. The van der Waals surface area contributed by atoms with E-state index in [0.29, 0.717) is 48.4 Å². The quantitative estimate of drug-likeness (QED) is 0.304. The van der Waals surface area contributed by atoms with Gasteiger partial charge in [-0.2, -0.15) is 10.4 Å². The van der Waals surface area contributed by atoms with E-state index in [0.717, 1.165) is 29.1 Å². The molecule has 0 bridgehead atoms. The number of oxazole rings is 1. The Morgan fingerprint density at radius 1 is 1.23 bits per heavy atom. The molecular weight excluding hydrogens is 392 g/mol. The van der Waals surface area contributed by atoms with Crippen LogP contribution in [0.1, 0.15) is 40.6 Å². The molecule has 0 aliphatic heterocycles. The molecule has 4 N–H and O–H groups in total. The number of aromatic nitrogens is 3. The smallest absolute Gasteiger partial charge is 0.214 e. The van der Waals surface area contributed by atoms with Gasteiger partial charge in [0.05, 0.1) is 23.6 Å². The molecule has 2 aromatic heterocycles. The fourth-order valence-electron chi connectivity index (χ4n) is 3.12. The van der Waals surface area contributed by atoms with Crippen molar-refractivity contribution in [2.75, 3.05) is 19.3 Å². The van der Waals surface area contributed by atoms with Crippen molar-refractivity contribution in [2.24, 2.45) is 4.99 Å². The van der Waals surface area contributed by atoms with Gasteiger partial charge in [-0.05, 0) is 45.7 Å². The number of nitrogens with zero attached hydrogens (tertiary/aromatic N) is 5. The first-order valence-electron chi connectivity index (χ1n) is 10.1. The minimum absolute atomic E-state index is 0.364. The maximum absolute atomic E-state index is 9.54. The lowest BCUT2D eigenvalue weighted by Crippen LogP contribution is -2.37. The summed E-state index contributed by atoms with van der Waals surface area (Å²) in [5.41, 5.74) is 10.2. The number of aliphatic imine (C=N–C) groups is 1. The van der Waals surface area contributed by atoms with E-state index in [9.17, 15) is 5.26 Å². The van der Waals surface area contributed by atoms with E-state index < -0.39 is 0 Å². The third-order valence-corrected chi connectivity index (χ3v) is 4.97. The second kappa shape index (κ2) is 9.80. The van der Waals surface area contributed by atoms with Crippen LogP contribution in [0.25, 0.3) is 5.69 Å². The van der Waals surface area contributed by atoms with Crippen molar-refractivity contribution in [3.63, 3.8) is 0 Å². The van der Waals surface area contributed by atoms with Crippen molar-refractivity contribution >= 4 is 11.8 Å². The Kier molecular flexibility index (Phi) is 6.92. The van der Waals surface area contributed by atoms with Crippen molar-refractivity contribution in [1.82, 2.24) is 25.4 Å². The number of rotatable bonds is 7. The second-order valence-electron chi connectivity index (χ2n) is 7.27. The molecule has 31 heavy (non-hydrogen) atoms. The van der Waals surface area contributed by atoms with Crippen LogP contribution < -0.4 is 16.4 Å². The van der Waals surface area contributed by atoms with Crippen LogP contribution in [-0.2, 0) is 13.0 Å². The largest absolute Gasteiger partial charge is 0.444 e. The monoisotopic (exact) mass is 420 g/mol. The minimum Gasteiger partial charge on any atom is -0.444 e. The van der Waals surface area contributed by atoms with Gasteiger partial charge in [-0.1, -0.05) is 17.7 Å². The fourth-order valence-corrected chi connectivity index (χ4v) is 3.12. The molecule has 0 spiro atoms. The highest BCUT2D eigenvalue weighted by molar-refractivity contribution is 5.79. The van der Waals surface area contributed by atoms with Crippen LogP contribution in [0.2, 0.25) is 0 Å². The van der Waals surface area contributed by atoms with Gasteiger partial charge in [0.15, 0.2) is 5.96 Å². The zero-order valence-electron chi connectivity index (χ0n) is 18.4. The van der Waals surface area contributed by atoms with Gasteiger partial charge in [0.1, 0.15) is 23.2 Å². The minimum atomic E-state index is 0.364. The molecular formula is C22H28N8O. The molecule has 0 atom stereocenters. The predicted molar refractivity (Wildman–Crippen MR) is 120 cm³/mol. The zero-order chi connectivity index (χ0) is 22.4. The Morgan fingerprint density at radius 2 is 1.97 bits per heavy atom. The van der Waals surface area contributed by atoms with Crippen LogP contribution in [0, 0.1) is 32.1 Å². The van der Waals surface area contributed by atoms with Gasteiger partial charge < -0.3 is 20.8 Å². The first kappa shape index (κ1) is 21.9. The van der Waals surface area contributed by atoms with Crippen LogP contribution in [-0.4, -0.2) is 34.3 Å². The van der Waals surface area contributed by atoms with Crippen LogP contribution in [0.3, 0.4) is 0 Å². The molecule has 0 radical (unpaired) electrons. The first-order valence-corrected chi connectivity index (χ1v) is 10.1. The number of benzene rings is 1. The molecule has 0 aliphatic rings. The lowest BCUT2D eigenvalue weighted by atomic mass is 10.1. The van der Waals surface area contributed by atoms with E-state index in [1.165, 1.54) is 0 Å². The Morgan fingerprint density at radius 3 is 2.58 bits per heavy atom. The number of nitrogens with two attached hydrogens (primary N) is 1. The number of nitrogen functional groups attached to an aromatic ring is 1. The summed E-state index contributed by atoms with van der Waals surface area (Å²) in [7, 11) is 1.71. The Labute approximate surface area is 182 Å². The van der Waals surface area contributed by atoms with Gasteiger partial charge in [0.25, 0.3) is 0 Å². The Hall–Kier alpha value is -3.80. The number of nitriles is 1. The predicted octanol–water partition coefficient (Wildman–Crippen LogP) is 2.54. The van der Waals surface area contributed by atoms with Gasteiger partial charge >= 0.3 is 0 Å². The molecule has 2 heterocycles. The van der Waals surface area contributed by atoms with Crippen LogP contribution in [0.4, 0.5) is 5.82 Å². The average molecular weight is 421 g/mol. The molecule has 9 nitrogen and oxygen atoms in total. The molecule has 0 fully saturated rings. The summed E-state index contributed by atoms with van der Waals surface area (Å²) in [6, 6.07) is 10.1. The molecule has 0 saturated carbocycles. The highest BCUT2D eigenvalue weighted by Gasteiger charge is 2.16. The molecule has 9 heteroatoms. The lowest BCUT2D eigenvalue weighted by Gasteiger charge is -2.10. The molecule has 162 valence electrons. The third-order valence-electron chi connectivity index (χ3n) is 4.97. The van der Waals surface area contributed by atoms with Crippen molar-refractivity contribution in [2.45, 2.75) is 40.2 Å². The van der Waals surface area contributed by atoms with Gasteiger partial charge in [-0.3, -0.25) is 4.99 Å². The molecule has 0 saturated heterocycles. The van der Waals surface area contributed by atoms with E-state index in [-0.39, 0.29) is 0 Å². The number of aryl methyl sites for hydroxylation is 4. The number of guanidine groups is 1. The van der Waals surface area contributed by atoms with Crippen LogP contribution >= 0.6 is 0 Å². The zero-order valence-corrected chi connectivity index (χ0v) is 18.4. The SMILES string of the molecule is CN=C(NCCCc1nn(-c2ccc(C)cc2)c(N)c1C#N)NCc1nc(C)c(C)o1. The van der Waals surface area contributed by atoms with Crippen molar-refractivity contribution in [3.8, 4) is 11.8 Å². The van der Waals surface area contributed by atoms with E-state index >= 15 is 0 Å². The number of hydrogen-bond donors (Lipinski definition) is 3. The van der Waals surface area contributed by atoms with Crippen molar-refractivity contribution < 1.29 is 4.42 Å². The fraction of sp³-hybridized carbons (Fsp3) is 0.364. The summed E-state index contributed by atoms with van der Waals surface area (Å²) in [5.74, 6) is 2.45. The van der Waals surface area contributed by atoms with Gasteiger partial charge in [0, 0.05) is 13.6 Å². The van der Waals surface area contributed by atoms with Crippen molar-refractivity contribution in [3.05, 3.63) is 58.4 Å². The molecule has 1 aromatic carbocycles. The third kappa shape index (κ3) is 5.22. The standard InChI is InChI=1S/C22H28N8O/c1-14-7-9-17(10-8-14)30-21(24)18(12-23)19(29-30)6-5-11-26-22(25-4)27-13-20-28-15(2)16(3)31-20/h7-10H,5-6,11,13,24H2,1-4H3,(H2,25,26,27). The molecule has 0 amide bonds. The van der Waals surface area contributed by atoms with Gasteiger partial charge in [-0.15, -0.1) is 0 Å². The highest BCUT2D eigenvalue weighted by atomic mass is 16.4. The average Bonchev–Trinajstić information content (AvgIpc) is 3.25. The van der Waals surface area contributed by atoms with Crippen LogP contribution in [0.5, 0.6) is 0 Å². The van der Waals surface area contributed by atoms with E-state index in [1.54, 1.807) is 11.7 Å². The van der Waals surface area contributed by atoms with E-state index in [4.69, 9.17) is 10.2 Å². The maximum Gasteiger partial charge on any atom is 0.214 e.